The summed E-state index contributed by atoms with van der Waals surface area (Å²) < 4.78 is 1.50. The van der Waals surface area contributed by atoms with E-state index in [9.17, 15) is 4.79 Å². The van der Waals surface area contributed by atoms with Gasteiger partial charge in [0, 0.05) is 12.4 Å². The fourth-order valence-corrected chi connectivity index (χ4v) is 1.52. The third-order valence-electron chi connectivity index (χ3n) is 2.18. The van der Waals surface area contributed by atoms with E-state index in [0.29, 0.717) is 11.5 Å². The molecule has 2 heterocycles. The summed E-state index contributed by atoms with van der Waals surface area (Å²) in [5.74, 6) is -0.476. The van der Waals surface area contributed by atoms with Crippen molar-refractivity contribution in [2.45, 2.75) is 19.8 Å². The zero-order chi connectivity index (χ0) is 11.0. The third kappa shape index (κ3) is 1.45. The van der Waals surface area contributed by atoms with E-state index < -0.39 is 5.97 Å². The quantitative estimate of drug-likeness (QED) is 0.807. The molecule has 0 saturated carbocycles. The van der Waals surface area contributed by atoms with E-state index in [-0.39, 0.29) is 11.6 Å². The maximum absolute atomic E-state index is 11.1. The average Bonchev–Trinajstić information content (AvgIpc) is 2.56. The van der Waals surface area contributed by atoms with Crippen LogP contribution >= 0.6 is 0 Å². The Bertz CT molecular complexity index is 516. The summed E-state index contributed by atoms with van der Waals surface area (Å²) in [6, 6.07) is 1.69. The number of hydrogen-bond donors (Lipinski definition) is 1. The Hall–Kier alpha value is -1.91. The Morgan fingerprint density at radius 3 is 2.87 bits per heavy atom. The molecule has 0 spiro atoms. The molecule has 0 atom stereocenters. The van der Waals surface area contributed by atoms with Crippen LogP contribution in [0.4, 0.5) is 0 Å². The lowest BCUT2D eigenvalue weighted by atomic mass is 10.1. The number of fused-ring (bicyclic) bond motifs is 1. The van der Waals surface area contributed by atoms with Crippen molar-refractivity contribution in [3.8, 4) is 0 Å². The molecule has 2 aromatic rings. The van der Waals surface area contributed by atoms with Crippen molar-refractivity contribution in [3.05, 3.63) is 29.8 Å². The second-order valence-electron chi connectivity index (χ2n) is 3.60. The second-order valence-corrected chi connectivity index (χ2v) is 3.60. The van der Waals surface area contributed by atoms with Crippen LogP contribution < -0.4 is 0 Å². The van der Waals surface area contributed by atoms with Gasteiger partial charge in [-0.05, 0) is 12.0 Å². The van der Waals surface area contributed by atoms with Gasteiger partial charge in [-0.2, -0.15) is 0 Å². The van der Waals surface area contributed by atoms with E-state index in [1.54, 1.807) is 18.5 Å². The van der Waals surface area contributed by atoms with E-state index >= 15 is 0 Å². The van der Waals surface area contributed by atoms with Crippen molar-refractivity contribution in [1.29, 1.82) is 0 Å². The topological polar surface area (TPSA) is 67.5 Å². The van der Waals surface area contributed by atoms with Crippen molar-refractivity contribution in [3.63, 3.8) is 0 Å². The van der Waals surface area contributed by atoms with Gasteiger partial charge in [-0.15, -0.1) is 0 Å². The summed E-state index contributed by atoms with van der Waals surface area (Å²) in [6.07, 6.45) is 3.25. The molecular weight excluding hydrogens is 194 g/mol. The van der Waals surface area contributed by atoms with Crippen molar-refractivity contribution in [2.75, 3.05) is 0 Å². The molecule has 5 nitrogen and oxygen atoms in total. The highest BCUT2D eigenvalue weighted by atomic mass is 16.4. The molecule has 78 valence electrons. The predicted molar refractivity (Wildman–Crippen MR) is 54.0 cm³/mol. The number of carboxylic acid groups (broad SMARTS) is 1. The molecule has 0 unspecified atom stereocenters. The standard InChI is InChI=1S/C10H11N3O2/c1-6(2)7-8(9(14)15)13-5-3-4-11-10(13)12-7/h3-6H,1-2H3,(H,14,15). The van der Waals surface area contributed by atoms with Gasteiger partial charge in [-0.3, -0.25) is 4.40 Å². The normalized spacial score (nSPS) is 11.1. The number of rotatable bonds is 2. The molecule has 2 rings (SSSR count). The SMILES string of the molecule is CC(C)c1nc2ncccn2c1C(=O)O. The predicted octanol–water partition coefficient (Wildman–Crippen LogP) is 1.55. The van der Waals surface area contributed by atoms with Crippen molar-refractivity contribution in [2.24, 2.45) is 0 Å². The number of carboxylic acids is 1. The van der Waals surface area contributed by atoms with Crippen LogP contribution in [0.5, 0.6) is 0 Å². The number of aromatic nitrogens is 3. The number of carbonyl (C=O) groups is 1. The monoisotopic (exact) mass is 205 g/mol. The van der Waals surface area contributed by atoms with Gasteiger partial charge in [-0.25, -0.2) is 14.8 Å². The van der Waals surface area contributed by atoms with Crippen LogP contribution in [-0.2, 0) is 0 Å². The Balaban J connectivity index is 2.80. The minimum absolute atomic E-state index is 0.0674. The molecular formula is C10H11N3O2. The molecule has 0 aliphatic heterocycles. The first kappa shape index (κ1) is 9.64. The fraction of sp³-hybridized carbons (Fsp3) is 0.300. The fourth-order valence-electron chi connectivity index (χ4n) is 1.52. The van der Waals surface area contributed by atoms with Crippen molar-refractivity contribution in [1.82, 2.24) is 14.4 Å². The minimum atomic E-state index is -0.973. The van der Waals surface area contributed by atoms with E-state index in [4.69, 9.17) is 5.11 Å². The van der Waals surface area contributed by atoms with E-state index in [1.165, 1.54) is 4.40 Å². The van der Waals surface area contributed by atoms with Crippen LogP contribution in [0.15, 0.2) is 18.5 Å². The van der Waals surface area contributed by atoms with Gasteiger partial charge in [0.05, 0.1) is 5.69 Å². The molecule has 1 N–H and O–H groups in total. The Morgan fingerprint density at radius 2 is 2.27 bits per heavy atom. The van der Waals surface area contributed by atoms with E-state index in [2.05, 4.69) is 9.97 Å². The molecule has 0 amide bonds. The summed E-state index contributed by atoms with van der Waals surface area (Å²) >= 11 is 0. The lowest BCUT2D eigenvalue weighted by Gasteiger charge is -2.01. The molecule has 0 aromatic carbocycles. The average molecular weight is 205 g/mol. The van der Waals surface area contributed by atoms with Crippen LogP contribution in [0, 0.1) is 0 Å². The van der Waals surface area contributed by atoms with Gasteiger partial charge in [0.2, 0.25) is 5.78 Å². The molecule has 0 fully saturated rings. The first-order valence-electron chi connectivity index (χ1n) is 4.67. The summed E-state index contributed by atoms with van der Waals surface area (Å²) in [4.78, 5) is 19.3. The number of aromatic carboxylic acids is 1. The third-order valence-corrected chi connectivity index (χ3v) is 2.18. The van der Waals surface area contributed by atoms with Crippen molar-refractivity contribution < 1.29 is 9.90 Å². The highest BCUT2D eigenvalue weighted by molar-refractivity contribution is 5.88. The number of imidazole rings is 1. The van der Waals surface area contributed by atoms with Crippen molar-refractivity contribution >= 4 is 11.7 Å². The van der Waals surface area contributed by atoms with Crippen LogP contribution in [0.25, 0.3) is 5.78 Å². The Kier molecular flexibility index (Phi) is 2.15. The molecule has 0 aliphatic rings. The Morgan fingerprint density at radius 1 is 1.53 bits per heavy atom. The molecule has 0 radical (unpaired) electrons. The molecule has 0 bridgehead atoms. The summed E-state index contributed by atoms with van der Waals surface area (Å²) in [5.41, 5.74) is 0.773. The lowest BCUT2D eigenvalue weighted by Crippen LogP contribution is -2.06. The van der Waals surface area contributed by atoms with Crippen LogP contribution in [-0.4, -0.2) is 25.4 Å². The van der Waals surface area contributed by atoms with Crippen LogP contribution in [0.2, 0.25) is 0 Å². The van der Waals surface area contributed by atoms with E-state index in [0.717, 1.165) is 0 Å². The van der Waals surface area contributed by atoms with Gasteiger partial charge in [0.1, 0.15) is 0 Å². The molecule has 0 aliphatic carbocycles. The van der Waals surface area contributed by atoms with Gasteiger partial charge >= 0.3 is 5.97 Å². The zero-order valence-corrected chi connectivity index (χ0v) is 8.51. The molecule has 0 saturated heterocycles. The highest BCUT2D eigenvalue weighted by Gasteiger charge is 2.20. The first-order valence-corrected chi connectivity index (χ1v) is 4.67. The number of nitrogens with zero attached hydrogens (tertiary/aromatic N) is 3. The van der Waals surface area contributed by atoms with Gasteiger partial charge in [0.25, 0.3) is 0 Å². The Labute approximate surface area is 86.4 Å². The summed E-state index contributed by atoms with van der Waals surface area (Å²) in [5, 5.41) is 9.11. The number of hydrogen-bond acceptors (Lipinski definition) is 3. The zero-order valence-electron chi connectivity index (χ0n) is 8.51. The maximum Gasteiger partial charge on any atom is 0.354 e. The smallest absolute Gasteiger partial charge is 0.354 e. The first-order chi connectivity index (χ1) is 7.11. The molecule has 5 heteroatoms. The summed E-state index contributed by atoms with van der Waals surface area (Å²) in [7, 11) is 0. The van der Waals surface area contributed by atoms with E-state index in [1.807, 2.05) is 13.8 Å². The van der Waals surface area contributed by atoms with Crippen LogP contribution in [0.1, 0.15) is 35.9 Å². The second kappa shape index (κ2) is 3.34. The summed E-state index contributed by atoms with van der Waals surface area (Å²) in [6.45, 7) is 3.82. The van der Waals surface area contributed by atoms with Gasteiger partial charge in [0.15, 0.2) is 5.69 Å². The van der Waals surface area contributed by atoms with Gasteiger partial charge < -0.3 is 5.11 Å². The molecule has 2 aromatic heterocycles. The highest BCUT2D eigenvalue weighted by Crippen LogP contribution is 2.19. The largest absolute Gasteiger partial charge is 0.477 e. The lowest BCUT2D eigenvalue weighted by molar-refractivity contribution is 0.0687. The minimum Gasteiger partial charge on any atom is -0.477 e. The van der Waals surface area contributed by atoms with Gasteiger partial charge in [-0.1, -0.05) is 13.8 Å². The van der Waals surface area contributed by atoms with Crippen LogP contribution in [0.3, 0.4) is 0 Å². The maximum atomic E-state index is 11.1. The molecule has 15 heavy (non-hydrogen) atoms.